The van der Waals surface area contributed by atoms with Crippen LogP contribution in [0.1, 0.15) is 37.8 Å². The summed E-state index contributed by atoms with van der Waals surface area (Å²) in [6.07, 6.45) is 1.16. The van der Waals surface area contributed by atoms with Gasteiger partial charge in [-0.05, 0) is 47.4 Å². The summed E-state index contributed by atoms with van der Waals surface area (Å²) in [7, 11) is 0. The molecule has 2 aliphatic rings. The number of ether oxygens (including phenoxy) is 2. The molecule has 1 aliphatic heterocycles. The number of rotatable bonds is 0. The molecule has 0 aromatic heterocycles. The van der Waals surface area contributed by atoms with Gasteiger partial charge in [0.2, 0.25) is 6.79 Å². The van der Waals surface area contributed by atoms with Crippen LogP contribution in [0.2, 0.25) is 0 Å². The zero-order valence-electron chi connectivity index (χ0n) is 10.1. The molecule has 0 saturated carbocycles. The summed E-state index contributed by atoms with van der Waals surface area (Å²) in [6.45, 7) is 7.39. The van der Waals surface area contributed by atoms with Gasteiger partial charge in [0, 0.05) is 0 Å². The second-order valence-corrected chi connectivity index (χ2v) is 5.23. The van der Waals surface area contributed by atoms with E-state index in [1.54, 1.807) is 0 Å². The lowest BCUT2D eigenvalue weighted by atomic mass is 9.71. The van der Waals surface area contributed by atoms with Crippen molar-refractivity contribution >= 4 is 0 Å². The lowest BCUT2D eigenvalue weighted by molar-refractivity contribution is 0.174. The smallest absolute Gasteiger partial charge is 0.231 e. The Morgan fingerprint density at radius 1 is 1.06 bits per heavy atom. The lowest BCUT2D eigenvalue weighted by Gasteiger charge is -2.34. The van der Waals surface area contributed by atoms with Crippen LogP contribution in [0.25, 0.3) is 0 Å². The lowest BCUT2D eigenvalue weighted by Crippen LogP contribution is -2.24. The maximum Gasteiger partial charge on any atom is 0.231 e. The molecule has 2 nitrogen and oxygen atoms in total. The molecule has 16 heavy (non-hydrogen) atoms. The highest BCUT2D eigenvalue weighted by Crippen LogP contribution is 2.44. The minimum Gasteiger partial charge on any atom is -0.454 e. The number of hydrogen-bond donors (Lipinski definition) is 0. The molecule has 0 N–H and O–H groups in total. The van der Waals surface area contributed by atoms with Gasteiger partial charge in [0.1, 0.15) is 0 Å². The van der Waals surface area contributed by atoms with Crippen LogP contribution >= 0.6 is 0 Å². The van der Waals surface area contributed by atoms with Gasteiger partial charge in [-0.1, -0.05) is 20.8 Å². The molecule has 0 bridgehead atoms. The second-order valence-electron chi connectivity index (χ2n) is 5.23. The van der Waals surface area contributed by atoms with Crippen LogP contribution < -0.4 is 9.47 Å². The first-order valence-electron chi connectivity index (χ1n) is 6.09. The van der Waals surface area contributed by atoms with E-state index in [4.69, 9.17) is 9.47 Å². The van der Waals surface area contributed by atoms with E-state index >= 15 is 0 Å². The molecule has 1 aromatic rings. The molecule has 3 unspecified atom stereocenters. The Hall–Kier alpha value is -1.18. The fourth-order valence-corrected chi connectivity index (χ4v) is 2.91. The molecule has 0 fully saturated rings. The number of hydrogen-bond acceptors (Lipinski definition) is 2. The zero-order chi connectivity index (χ0) is 11.3. The normalized spacial score (nSPS) is 31.3. The molecule has 0 radical (unpaired) electrons. The standard InChI is InChI=1S/C14H18O2/c1-8-4-11-5-13-14(16-7-15-13)6-12(11)10(3)9(8)2/h5-6,8-10H,4,7H2,1-3H3. The summed E-state index contributed by atoms with van der Waals surface area (Å²) in [5.74, 6) is 3.96. The highest BCUT2D eigenvalue weighted by Gasteiger charge is 2.30. The summed E-state index contributed by atoms with van der Waals surface area (Å²) >= 11 is 0. The summed E-state index contributed by atoms with van der Waals surface area (Å²) in [6, 6.07) is 4.36. The van der Waals surface area contributed by atoms with Crippen molar-refractivity contribution in [3.63, 3.8) is 0 Å². The van der Waals surface area contributed by atoms with E-state index in [1.807, 2.05) is 0 Å². The summed E-state index contributed by atoms with van der Waals surface area (Å²) < 4.78 is 10.9. The topological polar surface area (TPSA) is 18.5 Å². The highest BCUT2D eigenvalue weighted by molar-refractivity contribution is 5.50. The molecule has 86 valence electrons. The van der Waals surface area contributed by atoms with Gasteiger partial charge in [-0.3, -0.25) is 0 Å². The molecule has 3 rings (SSSR count). The predicted molar refractivity (Wildman–Crippen MR) is 63.0 cm³/mol. The third kappa shape index (κ3) is 1.32. The van der Waals surface area contributed by atoms with Crippen LogP contribution in [0.4, 0.5) is 0 Å². The van der Waals surface area contributed by atoms with E-state index in [0.717, 1.165) is 29.8 Å². The van der Waals surface area contributed by atoms with Crippen molar-refractivity contribution in [3.8, 4) is 11.5 Å². The van der Waals surface area contributed by atoms with Crippen molar-refractivity contribution in [3.05, 3.63) is 23.3 Å². The van der Waals surface area contributed by atoms with Crippen LogP contribution in [0.15, 0.2) is 12.1 Å². The molecule has 0 amide bonds. The molecule has 1 aromatic carbocycles. The summed E-state index contributed by atoms with van der Waals surface area (Å²) in [5.41, 5.74) is 2.90. The minimum atomic E-state index is 0.373. The fraction of sp³-hybridized carbons (Fsp3) is 0.571. The Balaban J connectivity index is 2.09. The first kappa shape index (κ1) is 10.0. The van der Waals surface area contributed by atoms with E-state index < -0.39 is 0 Å². The van der Waals surface area contributed by atoms with Crippen molar-refractivity contribution in [2.75, 3.05) is 6.79 Å². The van der Waals surface area contributed by atoms with Crippen molar-refractivity contribution in [1.29, 1.82) is 0 Å². The molecule has 0 spiro atoms. The maximum absolute atomic E-state index is 5.45. The second kappa shape index (κ2) is 3.41. The Kier molecular flexibility index (Phi) is 2.13. The van der Waals surface area contributed by atoms with E-state index in [1.165, 1.54) is 11.1 Å². The molecule has 0 saturated heterocycles. The van der Waals surface area contributed by atoms with E-state index in [-0.39, 0.29) is 0 Å². The Labute approximate surface area is 96.6 Å². The molecule has 1 aliphatic carbocycles. The van der Waals surface area contributed by atoms with E-state index in [2.05, 4.69) is 32.9 Å². The quantitative estimate of drug-likeness (QED) is 0.665. The molecule has 3 atom stereocenters. The zero-order valence-corrected chi connectivity index (χ0v) is 10.1. The largest absolute Gasteiger partial charge is 0.454 e. The van der Waals surface area contributed by atoms with Gasteiger partial charge < -0.3 is 9.47 Å². The SMILES string of the molecule is CC1Cc2cc3c(cc2C(C)C1C)OCO3. The molecule has 2 heteroatoms. The van der Waals surface area contributed by atoms with Gasteiger partial charge in [-0.15, -0.1) is 0 Å². The van der Waals surface area contributed by atoms with E-state index in [0.29, 0.717) is 12.7 Å². The summed E-state index contributed by atoms with van der Waals surface area (Å²) in [5, 5.41) is 0. The van der Waals surface area contributed by atoms with Crippen molar-refractivity contribution < 1.29 is 9.47 Å². The third-order valence-corrected chi connectivity index (χ3v) is 4.35. The van der Waals surface area contributed by atoms with Gasteiger partial charge in [-0.2, -0.15) is 0 Å². The maximum atomic E-state index is 5.45. The van der Waals surface area contributed by atoms with Gasteiger partial charge in [0.25, 0.3) is 0 Å². The highest BCUT2D eigenvalue weighted by atomic mass is 16.7. The monoisotopic (exact) mass is 218 g/mol. The van der Waals surface area contributed by atoms with Gasteiger partial charge in [-0.25, -0.2) is 0 Å². The Bertz CT molecular complexity index is 425. The first-order valence-corrected chi connectivity index (χ1v) is 6.09. The average molecular weight is 218 g/mol. The fourth-order valence-electron chi connectivity index (χ4n) is 2.91. The number of fused-ring (bicyclic) bond motifs is 2. The van der Waals surface area contributed by atoms with Gasteiger partial charge >= 0.3 is 0 Å². The predicted octanol–water partition coefficient (Wildman–Crippen LogP) is 3.35. The number of benzene rings is 1. The Morgan fingerprint density at radius 2 is 1.75 bits per heavy atom. The minimum absolute atomic E-state index is 0.373. The van der Waals surface area contributed by atoms with Crippen LogP contribution in [0.5, 0.6) is 11.5 Å². The first-order chi connectivity index (χ1) is 7.66. The van der Waals surface area contributed by atoms with Crippen LogP contribution in [0.3, 0.4) is 0 Å². The average Bonchev–Trinajstić information content (AvgIpc) is 2.71. The van der Waals surface area contributed by atoms with Crippen molar-refractivity contribution in [1.82, 2.24) is 0 Å². The van der Waals surface area contributed by atoms with Crippen molar-refractivity contribution in [2.24, 2.45) is 11.8 Å². The van der Waals surface area contributed by atoms with Crippen LogP contribution in [-0.4, -0.2) is 6.79 Å². The molecular formula is C14H18O2. The van der Waals surface area contributed by atoms with Gasteiger partial charge in [0.05, 0.1) is 0 Å². The van der Waals surface area contributed by atoms with Crippen molar-refractivity contribution in [2.45, 2.75) is 33.1 Å². The third-order valence-electron chi connectivity index (χ3n) is 4.35. The molecular weight excluding hydrogens is 200 g/mol. The summed E-state index contributed by atoms with van der Waals surface area (Å²) in [4.78, 5) is 0. The molecule has 1 heterocycles. The Morgan fingerprint density at radius 3 is 2.50 bits per heavy atom. The van der Waals surface area contributed by atoms with E-state index in [9.17, 15) is 0 Å². The van der Waals surface area contributed by atoms with Crippen LogP contribution in [0, 0.1) is 11.8 Å². The van der Waals surface area contributed by atoms with Crippen LogP contribution in [-0.2, 0) is 6.42 Å². The van der Waals surface area contributed by atoms with Gasteiger partial charge in [0.15, 0.2) is 11.5 Å².